The molecule has 1 aliphatic carbocycles. The van der Waals surface area contributed by atoms with E-state index in [1.165, 1.54) is 25.8 Å². The molecule has 1 aliphatic rings. The van der Waals surface area contributed by atoms with E-state index in [1.54, 1.807) is 0 Å². The van der Waals surface area contributed by atoms with Crippen molar-refractivity contribution in [3.63, 3.8) is 0 Å². The summed E-state index contributed by atoms with van der Waals surface area (Å²) in [5.41, 5.74) is 0. The summed E-state index contributed by atoms with van der Waals surface area (Å²) in [6.45, 7) is 10.8. The van der Waals surface area contributed by atoms with Gasteiger partial charge in [-0.1, -0.05) is 13.0 Å². The van der Waals surface area contributed by atoms with Crippen LogP contribution in [0.5, 0.6) is 0 Å². The molecule has 0 saturated heterocycles. The minimum atomic E-state index is 0.663. The second kappa shape index (κ2) is 7.08. The first-order valence-electron chi connectivity index (χ1n) is 6.69. The van der Waals surface area contributed by atoms with Crippen LogP contribution in [-0.2, 0) is 0 Å². The Kier molecular flexibility index (Phi) is 6.07. The lowest BCUT2D eigenvalue weighted by atomic mass is 10.0. The number of rotatable bonds is 9. The van der Waals surface area contributed by atoms with Crippen molar-refractivity contribution < 1.29 is 0 Å². The minimum Gasteiger partial charge on any atom is -0.314 e. The second-order valence-electron chi connectivity index (χ2n) is 5.31. The molecule has 0 aromatic carbocycles. The van der Waals surface area contributed by atoms with Gasteiger partial charge < -0.3 is 10.2 Å². The van der Waals surface area contributed by atoms with Gasteiger partial charge in [0.2, 0.25) is 0 Å². The quantitative estimate of drug-likeness (QED) is 0.478. The van der Waals surface area contributed by atoms with Crippen molar-refractivity contribution in [2.45, 2.75) is 51.6 Å². The van der Waals surface area contributed by atoms with E-state index in [0.29, 0.717) is 6.04 Å². The van der Waals surface area contributed by atoms with Gasteiger partial charge in [0.15, 0.2) is 0 Å². The molecule has 0 aromatic heterocycles. The molecular formula is C14H28N2. The third-order valence-corrected chi connectivity index (χ3v) is 3.74. The zero-order chi connectivity index (χ0) is 12.0. The van der Waals surface area contributed by atoms with Crippen LogP contribution in [0.15, 0.2) is 12.7 Å². The molecule has 2 atom stereocenters. The van der Waals surface area contributed by atoms with Crippen molar-refractivity contribution in [2.24, 2.45) is 5.92 Å². The average Bonchev–Trinajstić information content (AvgIpc) is 3.08. The van der Waals surface area contributed by atoms with Gasteiger partial charge in [-0.05, 0) is 58.7 Å². The third kappa shape index (κ3) is 5.13. The van der Waals surface area contributed by atoms with E-state index >= 15 is 0 Å². The maximum Gasteiger partial charge on any atom is 0.0102 e. The van der Waals surface area contributed by atoms with Crippen LogP contribution in [0, 0.1) is 5.92 Å². The average molecular weight is 224 g/mol. The van der Waals surface area contributed by atoms with E-state index in [9.17, 15) is 0 Å². The fourth-order valence-corrected chi connectivity index (χ4v) is 1.93. The number of hydrogen-bond acceptors (Lipinski definition) is 2. The molecule has 0 radical (unpaired) electrons. The predicted molar refractivity (Wildman–Crippen MR) is 71.7 cm³/mol. The summed E-state index contributed by atoms with van der Waals surface area (Å²) >= 11 is 0. The summed E-state index contributed by atoms with van der Waals surface area (Å²) in [5, 5.41) is 3.62. The Hall–Kier alpha value is -0.340. The number of hydrogen-bond donors (Lipinski definition) is 1. The van der Waals surface area contributed by atoms with E-state index in [2.05, 4.69) is 37.7 Å². The molecule has 0 spiro atoms. The molecule has 0 amide bonds. The lowest BCUT2D eigenvalue weighted by Gasteiger charge is -2.30. The third-order valence-electron chi connectivity index (χ3n) is 3.74. The number of unbranched alkanes of at least 4 members (excludes halogenated alkanes) is 1. The summed E-state index contributed by atoms with van der Waals surface area (Å²) in [7, 11) is 2.24. The first-order valence-corrected chi connectivity index (χ1v) is 6.69. The highest BCUT2D eigenvalue weighted by atomic mass is 15.1. The highest BCUT2D eigenvalue weighted by molar-refractivity contribution is 4.83. The summed E-state index contributed by atoms with van der Waals surface area (Å²) in [4.78, 5) is 2.47. The Bertz CT molecular complexity index is 199. The monoisotopic (exact) mass is 224 g/mol. The van der Waals surface area contributed by atoms with Crippen molar-refractivity contribution in [3.8, 4) is 0 Å². The largest absolute Gasteiger partial charge is 0.314 e. The Morgan fingerprint density at radius 3 is 2.69 bits per heavy atom. The molecule has 1 N–H and O–H groups in total. The predicted octanol–water partition coefficient (Wildman–Crippen LogP) is 2.66. The molecule has 0 heterocycles. The fourth-order valence-electron chi connectivity index (χ4n) is 1.93. The molecule has 2 unspecified atom stereocenters. The van der Waals surface area contributed by atoms with E-state index in [1.807, 2.05) is 6.08 Å². The molecule has 1 rings (SSSR count). The maximum absolute atomic E-state index is 3.76. The molecule has 94 valence electrons. The van der Waals surface area contributed by atoms with E-state index in [0.717, 1.165) is 24.9 Å². The smallest absolute Gasteiger partial charge is 0.0102 e. The molecular weight excluding hydrogens is 196 g/mol. The Morgan fingerprint density at radius 2 is 2.12 bits per heavy atom. The zero-order valence-corrected chi connectivity index (χ0v) is 11.2. The van der Waals surface area contributed by atoms with E-state index < -0.39 is 0 Å². The standard InChI is InChI=1S/C14H28N2/c1-5-6-7-10-16(4)13(3)12(2)11-15-14-8-9-14/h5,12-15H,1,6-11H2,2-4H3. The van der Waals surface area contributed by atoms with Gasteiger partial charge in [0, 0.05) is 12.1 Å². The first kappa shape index (κ1) is 13.7. The Labute approximate surface area is 101 Å². The molecule has 0 aromatic rings. The van der Waals surface area contributed by atoms with Gasteiger partial charge in [-0.3, -0.25) is 0 Å². The van der Waals surface area contributed by atoms with Gasteiger partial charge in [-0.2, -0.15) is 0 Å². The zero-order valence-electron chi connectivity index (χ0n) is 11.2. The van der Waals surface area contributed by atoms with E-state index in [-0.39, 0.29) is 0 Å². The van der Waals surface area contributed by atoms with Crippen LogP contribution in [-0.4, -0.2) is 37.1 Å². The summed E-state index contributed by atoms with van der Waals surface area (Å²) in [6, 6.07) is 1.50. The Morgan fingerprint density at radius 1 is 1.44 bits per heavy atom. The normalized spacial score (nSPS) is 19.8. The Balaban J connectivity index is 2.13. The topological polar surface area (TPSA) is 15.3 Å². The van der Waals surface area contributed by atoms with Crippen LogP contribution in [0.3, 0.4) is 0 Å². The van der Waals surface area contributed by atoms with Crippen LogP contribution >= 0.6 is 0 Å². The van der Waals surface area contributed by atoms with Crippen molar-refractivity contribution in [1.29, 1.82) is 0 Å². The molecule has 0 aliphatic heterocycles. The number of nitrogens with zero attached hydrogens (tertiary/aromatic N) is 1. The highest BCUT2D eigenvalue weighted by Crippen LogP contribution is 2.19. The number of allylic oxidation sites excluding steroid dienone is 1. The van der Waals surface area contributed by atoms with Gasteiger partial charge in [0.25, 0.3) is 0 Å². The molecule has 1 saturated carbocycles. The minimum absolute atomic E-state index is 0.663. The molecule has 16 heavy (non-hydrogen) atoms. The van der Waals surface area contributed by atoms with Gasteiger partial charge >= 0.3 is 0 Å². The number of nitrogens with one attached hydrogen (secondary N) is 1. The lowest BCUT2D eigenvalue weighted by Crippen LogP contribution is -2.39. The molecule has 2 heteroatoms. The van der Waals surface area contributed by atoms with Crippen molar-refractivity contribution >= 4 is 0 Å². The van der Waals surface area contributed by atoms with E-state index in [4.69, 9.17) is 0 Å². The van der Waals surface area contributed by atoms with Crippen LogP contribution in [0.25, 0.3) is 0 Å². The van der Waals surface area contributed by atoms with Crippen LogP contribution in [0.2, 0.25) is 0 Å². The molecule has 1 fully saturated rings. The van der Waals surface area contributed by atoms with Gasteiger partial charge in [0.1, 0.15) is 0 Å². The summed E-state index contributed by atoms with van der Waals surface area (Å²) in [5.74, 6) is 0.731. The lowest BCUT2D eigenvalue weighted by molar-refractivity contribution is 0.194. The molecule has 2 nitrogen and oxygen atoms in total. The summed E-state index contributed by atoms with van der Waals surface area (Å²) < 4.78 is 0. The fraction of sp³-hybridized carbons (Fsp3) is 0.857. The maximum atomic E-state index is 3.76. The van der Waals surface area contributed by atoms with Crippen molar-refractivity contribution in [3.05, 3.63) is 12.7 Å². The van der Waals surface area contributed by atoms with Gasteiger partial charge in [-0.25, -0.2) is 0 Å². The van der Waals surface area contributed by atoms with Gasteiger partial charge in [0.05, 0.1) is 0 Å². The van der Waals surface area contributed by atoms with Crippen molar-refractivity contribution in [2.75, 3.05) is 20.1 Å². The first-order chi connectivity index (χ1) is 7.65. The second-order valence-corrected chi connectivity index (χ2v) is 5.31. The molecule has 0 bridgehead atoms. The van der Waals surface area contributed by atoms with Gasteiger partial charge in [-0.15, -0.1) is 6.58 Å². The SMILES string of the molecule is C=CCCCN(C)C(C)C(C)CNC1CC1. The van der Waals surface area contributed by atoms with Crippen molar-refractivity contribution in [1.82, 2.24) is 10.2 Å². The summed E-state index contributed by atoms with van der Waals surface area (Å²) in [6.07, 6.45) is 7.14. The van der Waals surface area contributed by atoms with Crippen LogP contribution < -0.4 is 5.32 Å². The van der Waals surface area contributed by atoms with Crippen LogP contribution in [0.4, 0.5) is 0 Å². The highest BCUT2D eigenvalue weighted by Gasteiger charge is 2.23. The van der Waals surface area contributed by atoms with Crippen LogP contribution in [0.1, 0.15) is 39.5 Å².